The van der Waals surface area contributed by atoms with Gasteiger partial charge in [0, 0.05) is 19.2 Å². The van der Waals surface area contributed by atoms with Crippen molar-refractivity contribution in [1.29, 1.82) is 0 Å². The first-order chi connectivity index (χ1) is 13.6. The van der Waals surface area contributed by atoms with E-state index in [1.807, 2.05) is 0 Å². The number of rotatable bonds is 6. The number of nitrogens with one attached hydrogen (secondary N) is 1. The molecule has 0 atom stereocenters. The Morgan fingerprint density at radius 3 is 2.52 bits per heavy atom. The van der Waals surface area contributed by atoms with E-state index in [0.717, 1.165) is 31.5 Å². The quantitative estimate of drug-likeness (QED) is 0.751. The van der Waals surface area contributed by atoms with Crippen molar-refractivity contribution >= 4 is 21.6 Å². The number of halogens is 3. The summed E-state index contributed by atoms with van der Waals surface area (Å²) in [5.41, 5.74) is 0.172. The number of hydrogen-bond donors (Lipinski definition) is 1. The van der Waals surface area contributed by atoms with Crippen LogP contribution in [0.25, 0.3) is 0 Å². The molecule has 3 heterocycles. The summed E-state index contributed by atoms with van der Waals surface area (Å²) < 4.78 is 72.5. The first kappa shape index (κ1) is 21.1. The zero-order valence-corrected chi connectivity index (χ0v) is 15.9. The standard InChI is InChI=1S/C17H18F3N3O5S/c18-17(19,20)11-27-14-6-4-12(10-21-14)22-16(24)13-5-7-15(28-13)29(25,26)23-8-2-1-3-9-23/h4-7,10H,1-3,8-9,11H2,(H,22,24). The maximum absolute atomic E-state index is 12.5. The van der Waals surface area contributed by atoms with E-state index >= 15 is 0 Å². The first-order valence-electron chi connectivity index (χ1n) is 8.72. The number of hydrogen-bond acceptors (Lipinski definition) is 6. The van der Waals surface area contributed by atoms with Crippen molar-refractivity contribution in [2.45, 2.75) is 30.5 Å². The summed E-state index contributed by atoms with van der Waals surface area (Å²) in [7, 11) is -3.81. The van der Waals surface area contributed by atoms with Crippen LogP contribution in [0.15, 0.2) is 40.0 Å². The number of anilines is 1. The SMILES string of the molecule is O=C(Nc1ccc(OCC(F)(F)F)nc1)c1ccc(S(=O)(=O)N2CCCCC2)o1. The van der Waals surface area contributed by atoms with Crippen LogP contribution in [0.1, 0.15) is 29.8 Å². The molecule has 0 saturated carbocycles. The molecule has 8 nitrogen and oxygen atoms in total. The molecule has 0 spiro atoms. The smallest absolute Gasteiger partial charge is 0.422 e. The highest BCUT2D eigenvalue weighted by atomic mass is 32.2. The van der Waals surface area contributed by atoms with E-state index in [-0.39, 0.29) is 22.4 Å². The molecule has 1 fully saturated rings. The van der Waals surface area contributed by atoms with Gasteiger partial charge in [-0.05, 0) is 31.0 Å². The van der Waals surface area contributed by atoms with Crippen LogP contribution in [0.4, 0.5) is 18.9 Å². The molecule has 0 radical (unpaired) electrons. The second-order valence-electron chi connectivity index (χ2n) is 6.33. The molecule has 0 aliphatic carbocycles. The monoisotopic (exact) mass is 433 g/mol. The maximum atomic E-state index is 12.5. The number of carbonyl (C=O) groups is 1. The van der Waals surface area contributed by atoms with E-state index in [2.05, 4.69) is 15.0 Å². The zero-order chi connectivity index (χ0) is 21.1. The molecule has 1 aliphatic heterocycles. The van der Waals surface area contributed by atoms with Crippen LogP contribution in [0.3, 0.4) is 0 Å². The summed E-state index contributed by atoms with van der Waals surface area (Å²) in [5, 5.41) is 2.10. The number of nitrogens with zero attached hydrogens (tertiary/aromatic N) is 2. The average Bonchev–Trinajstić information content (AvgIpc) is 3.19. The fourth-order valence-corrected chi connectivity index (χ4v) is 4.13. The fourth-order valence-electron chi connectivity index (χ4n) is 2.70. The number of carbonyl (C=O) groups excluding carboxylic acids is 1. The topological polar surface area (TPSA) is 102 Å². The highest BCUT2D eigenvalue weighted by Gasteiger charge is 2.30. The Kier molecular flexibility index (Phi) is 6.13. The van der Waals surface area contributed by atoms with Crippen LogP contribution in [-0.4, -0.2) is 49.5 Å². The van der Waals surface area contributed by atoms with E-state index in [0.29, 0.717) is 13.1 Å². The Bertz CT molecular complexity index is 951. The van der Waals surface area contributed by atoms with Crippen LogP contribution in [0.5, 0.6) is 5.88 Å². The van der Waals surface area contributed by atoms with Gasteiger partial charge in [0.2, 0.25) is 11.0 Å². The van der Waals surface area contributed by atoms with E-state index in [4.69, 9.17) is 4.42 Å². The van der Waals surface area contributed by atoms with Crippen LogP contribution < -0.4 is 10.1 Å². The van der Waals surface area contributed by atoms with Crippen molar-refractivity contribution in [2.24, 2.45) is 0 Å². The Morgan fingerprint density at radius 1 is 1.17 bits per heavy atom. The molecular weight excluding hydrogens is 415 g/mol. The summed E-state index contributed by atoms with van der Waals surface area (Å²) in [6.45, 7) is -0.676. The second-order valence-corrected chi connectivity index (χ2v) is 8.20. The molecule has 2 aromatic heterocycles. The summed E-state index contributed by atoms with van der Waals surface area (Å²) in [6, 6.07) is 4.91. The van der Waals surface area contributed by atoms with Gasteiger partial charge in [-0.2, -0.15) is 17.5 Å². The molecule has 1 amide bonds. The van der Waals surface area contributed by atoms with Gasteiger partial charge in [0.1, 0.15) is 0 Å². The molecule has 3 rings (SSSR count). The molecule has 12 heteroatoms. The Hall–Kier alpha value is -2.60. The van der Waals surface area contributed by atoms with Crippen molar-refractivity contribution in [2.75, 3.05) is 25.0 Å². The van der Waals surface area contributed by atoms with Gasteiger partial charge < -0.3 is 14.5 Å². The minimum atomic E-state index is -4.49. The molecule has 0 unspecified atom stereocenters. The third-order valence-electron chi connectivity index (χ3n) is 4.09. The first-order valence-corrected chi connectivity index (χ1v) is 10.2. The minimum absolute atomic E-state index is 0.172. The third-order valence-corrected chi connectivity index (χ3v) is 5.87. The molecule has 1 N–H and O–H groups in total. The van der Waals surface area contributed by atoms with Crippen molar-refractivity contribution < 1.29 is 35.5 Å². The lowest BCUT2D eigenvalue weighted by molar-refractivity contribution is -0.154. The number of piperidine rings is 1. The highest BCUT2D eigenvalue weighted by Crippen LogP contribution is 2.23. The molecular formula is C17H18F3N3O5S. The van der Waals surface area contributed by atoms with Crippen LogP contribution in [0, 0.1) is 0 Å². The van der Waals surface area contributed by atoms with Gasteiger partial charge in [-0.25, -0.2) is 13.4 Å². The summed E-state index contributed by atoms with van der Waals surface area (Å²) in [4.78, 5) is 15.9. The van der Waals surface area contributed by atoms with Crippen LogP contribution in [0.2, 0.25) is 0 Å². The van der Waals surface area contributed by atoms with E-state index in [1.165, 1.54) is 22.5 Å². The molecule has 0 bridgehead atoms. The molecule has 158 valence electrons. The molecule has 2 aromatic rings. The van der Waals surface area contributed by atoms with Crippen molar-refractivity contribution in [1.82, 2.24) is 9.29 Å². The highest BCUT2D eigenvalue weighted by molar-refractivity contribution is 7.89. The number of furan rings is 1. The van der Waals surface area contributed by atoms with Gasteiger partial charge in [-0.1, -0.05) is 6.42 Å². The normalized spacial score (nSPS) is 15.8. The number of alkyl halides is 3. The zero-order valence-electron chi connectivity index (χ0n) is 15.1. The number of aromatic nitrogens is 1. The lowest BCUT2D eigenvalue weighted by Gasteiger charge is -2.24. The van der Waals surface area contributed by atoms with Gasteiger partial charge in [0.05, 0.1) is 11.9 Å². The Labute approximate surface area is 164 Å². The second kappa shape index (κ2) is 8.41. The van der Waals surface area contributed by atoms with Crippen LogP contribution >= 0.6 is 0 Å². The lowest BCUT2D eigenvalue weighted by Crippen LogP contribution is -2.35. The van der Waals surface area contributed by atoms with Gasteiger partial charge >= 0.3 is 6.18 Å². The largest absolute Gasteiger partial charge is 0.468 e. The Morgan fingerprint density at radius 2 is 1.90 bits per heavy atom. The minimum Gasteiger partial charge on any atom is -0.468 e. The van der Waals surface area contributed by atoms with Crippen molar-refractivity contribution in [3.63, 3.8) is 0 Å². The fraction of sp³-hybridized carbons (Fsp3) is 0.412. The van der Waals surface area contributed by atoms with Gasteiger partial charge in [-0.3, -0.25) is 4.79 Å². The van der Waals surface area contributed by atoms with Gasteiger partial charge in [0.25, 0.3) is 15.9 Å². The summed E-state index contributed by atoms with van der Waals surface area (Å²) in [5.74, 6) is -1.21. The van der Waals surface area contributed by atoms with E-state index in [9.17, 15) is 26.4 Å². The molecule has 1 aliphatic rings. The predicted molar refractivity (Wildman–Crippen MR) is 95.1 cm³/mol. The van der Waals surface area contributed by atoms with E-state index in [1.54, 1.807) is 0 Å². The van der Waals surface area contributed by atoms with E-state index < -0.39 is 28.7 Å². The van der Waals surface area contributed by atoms with Crippen molar-refractivity contribution in [3.8, 4) is 5.88 Å². The van der Waals surface area contributed by atoms with Gasteiger partial charge in [-0.15, -0.1) is 0 Å². The maximum Gasteiger partial charge on any atom is 0.422 e. The number of pyridine rings is 1. The summed E-state index contributed by atoms with van der Waals surface area (Å²) >= 11 is 0. The molecule has 0 aromatic carbocycles. The number of sulfonamides is 1. The lowest BCUT2D eigenvalue weighted by atomic mass is 10.2. The third kappa shape index (κ3) is 5.48. The number of ether oxygens (including phenoxy) is 1. The summed E-state index contributed by atoms with van der Waals surface area (Å²) in [6.07, 6.45) is -0.879. The van der Waals surface area contributed by atoms with Crippen LogP contribution in [-0.2, 0) is 10.0 Å². The number of amides is 1. The average molecular weight is 433 g/mol. The molecule has 1 saturated heterocycles. The predicted octanol–water partition coefficient (Wildman–Crippen LogP) is 3.04. The Balaban J connectivity index is 1.63. The molecule has 29 heavy (non-hydrogen) atoms. The van der Waals surface area contributed by atoms with Gasteiger partial charge in [0.15, 0.2) is 12.4 Å². The van der Waals surface area contributed by atoms with Crippen molar-refractivity contribution in [3.05, 3.63) is 36.2 Å².